The van der Waals surface area contributed by atoms with Crippen LogP contribution in [0.1, 0.15) is 24.4 Å². The number of aromatic nitrogens is 3. The monoisotopic (exact) mass is 305 g/mol. The van der Waals surface area contributed by atoms with Crippen molar-refractivity contribution in [1.82, 2.24) is 14.8 Å². The van der Waals surface area contributed by atoms with Crippen LogP contribution in [0.4, 0.5) is 0 Å². The van der Waals surface area contributed by atoms with Gasteiger partial charge in [-0.15, -0.1) is 10.2 Å². The summed E-state index contributed by atoms with van der Waals surface area (Å²) in [5.74, 6) is 1.34. The zero-order valence-electron chi connectivity index (χ0n) is 12.0. The first-order valence-corrected chi connectivity index (χ1v) is 8.11. The molecule has 0 spiro atoms. The van der Waals surface area contributed by atoms with Gasteiger partial charge in [-0.1, -0.05) is 23.9 Å². The number of hydrogen-bond donors (Lipinski definition) is 1. The SMILES string of the molecule is Cc1cccc(OCC(O)CSc2nncn2C2CC2)c1. The molecule has 0 aliphatic heterocycles. The van der Waals surface area contributed by atoms with E-state index in [0.29, 0.717) is 11.8 Å². The standard InChI is InChI=1S/C15H19N3O2S/c1-11-3-2-4-14(7-11)20-8-13(19)9-21-15-17-16-10-18(15)12-5-6-12/h2-4,7,10,12-13,19H,5-6,8-9H2,1H3. The van der Waals surface area contributed by atoms with Crippen molar-refractivity contribution in [3.05, 3.63) is 36.2 Å². The molecule has 1 atom stereocenters. The first kappa shape index (κ1) is 14.4. The second kappa shape index (κ2) is 6.49. The van der Waals surface area contributed by atoms with Gasteiger partial charge in [0.2, 0.25) is 0 Å². The van der Waals surface area contributed by atoms with E-state index in [0.717, 1.165) is 16.5 Å². The molecule has 5 nitrogen and oxygen atoms in total. The summed E-state index contributed by atoms with van der Waals surface area (Å²) in [5, 5.41) is 18.9. The van der Waals surface area contributed by atoms with E-state index in [4.69, 9.17) is 4.74 Å². The van der Waals surface area contributed by atoms with E-state index in [-0.39, 0.29) is 6.61 Å². The maximum Gasteiger partial charge on any atom is 0.191 e. The molecule has 0 saturated heterocycles. The molecule has 2 aromatic rings. The van der Waals surface area contributed by atoms with Crippen molar-refractivity contribution in [2.45, 2.75) is 37.1 Å². The molecular weight excluding hydrogens is 286 g/mol. The molecule has 1 aliphatic carbocycles. The van der Waals surface area contributed by atoms with E-state index in [9.17, 15) is 5.11 Å². The lowest BCUT2D eigenvalue weighted by Crippen LogP contribution is -2.20. The first-order valence-electron chi connectivity index (χ1n) is 7.12. The molecule has 1 aromatic heterocycles. The largest absolute Gasteiger partial charge is 0.491 e. The Labute approximate surface area is 128 Å². The fraction of sp³-hybridized carbons (Fsp3) is 0.467. The van der Waals surface area contributed by atoms with E-state index in [1.54, 1.807) is 6.33 Å². The number of ether oxygens (including phenoxy) is 1. The second-order valence-corrected chi connectivity index (χ2v) is 6.33. The molecule has 1 fully saturated rings. The van der Waals surface area contributed by atoms with Crippen LogP contribution in [0.15, 0.2) is 35.7 Å². The molecule has 1 aliphatic rings. The Kier molecular flexibility index (Phi) is 4.45. The molecule has 1 saturated carbocycles. The van der Waals surface area contributed by atoms with Gasteiger partial charge in [0.05, 0.1) is 6.10 Å². The van der Waals surface area contributed by atoms with Crippen LogP contribution >= 0.6 is 11.8 Å². The summed E-state index contributed by atoms with van der Waals surface area (Å²) in [5.41, 5.74) is 1.15. The third-order valence-corrected chi connectivity index (χ3v) is 4.42. The highest BCUT2D eigenvalue weighted by atomic mass is 32.2. The minimum Gasteiger partial charge on any atom is -0.491 e. The Bertz CT molecular complexity index is 598. The van der Waals surface area contributed by atoms with Crippen LogP contribution in [-0.4, -0.2) is 38.3 Å². The minimum atomic E-state index is -0.528. The molecule has 1 aromatic carbocycles. The van der Waals surface area contributed by atoms with Gasteiger partial charge in [0.25, 0.3) is 0 Å². The van der Waals surface area contributed by atoms with E-state index >= 15 is 0 Å². The van der Waals surface area contributed by atoms with Gasteiger partial charge in [0, 0.05) is 11.8 Å². The van der Waals surface area contributed by atoms with Gasteiger partial charge in [-0.3, -0.25) is 0 Å². The van der Waals surface area contributed by atoms with Gasteiger partial charge in [-0.2, -0.15) is 0 Å². The summed E-state index contributed by atoms with van der Waals surface area (Å²) in [6, 6.07) is 8.39. The number of aliphatic hydroxyl groups excluding tert-OH is 1. The predicted molar refractivity (Wildman–Crippen MR) is 81.7 cm³/mol. The van der Waals surface area contributed by atoms with E-state index in [1.807, 2.05) is 31.2 Å². The lowest BCUT2D eigenvalue weighted by Gasteiger charge is -2.12. The molecule has 112 valence electrons. The quantitative estimate of drug-likeness (QED) is 0.796. The summed E-state index contributed by atoms with van der Waals surface area (Å²) < 4.78 is 7.70. The predicted octanol–water partition coefficient (Wildman–Crippen LogP) is 2.45. The van der Waals surface area contributed by atoms with Crippen LogP contribution in [-0.2, 0) is 0 Å². The Morgan fingerprint density at radius 2 is 2.33 bits per heavy atom. The second-order valence-electron chi connectivity index (χ2n) is 5.34. The zero-order valence-corrected chi connectivity index (χ0v) is 12.8. The summed E-state index contributed by atoms with van der Waals surface area (Å²) >= 11 is 1.53. The van der Waals surface area contributed by atoms with Gasteiger partial charge < -0.3 is 14.4 Å². The number of aliphatic hydroxyl groups is 1. The zero-order chi connectivity index (χ0) is 14.7. The number of benzene rings is 1. The molecule has 0 radical (unpaired) electrons. The molecule has 3 rings (SSSR count). The van der Waals surface area contributed by atoms with Gasteiger partial charge in [0.1, 0.15) is 18.7 Å². The lowest BCUT2D eigenvalue weighted by atomic mass is 10.2. The van der Waals surface area contributed by atoms with Crippen molar-refractivity contribution in [1.29, 1.82) is 0 Å². The molecule has 0 amide bonds. The fourth-order valence-electron chi connectivity index (χ4n) is 2.05. The average Bonchev–Trinajstić information content (AvgIpc) is 3.22. The molecule has 1 heterocycles. The molecule has 0 bridgehead atoms. The van der Waals surface area contributed by atoms with Gasteiger partial charge in [-0.05, 0) is 37.5 Å². The molecule has 21 heavy (non-hydrogen) atoms. The summed E-state index contributed by atoms with van der Waals surface area (Å²) in [6.45, 7) is 2.30. The third kappa shape index (κ3) is 3.98. The number of aryl methyl sites for hydroxylation is 1. The van der Waals surface area contributed by atoms with E-state index in [1.165, 1.54) is 24.6 Å². The first-order chi connectivity index (χ1) is 10.2. The van der Waals surface area contributed by atoms with Gasteiger partial charge in [0.15, 0.2) is 5.16 Å². The van der Waals surface area contributed by atoms with Crippen LogP contribution in [0, 0.1) is 6.92 Å². The molecular formula is C15H19N3O2S. The van der Waals surface area contributed by atoms with Crippen molar-refractivity contribution < 1.29 is 9.84 Å². The number of nitrogens with zero attached hydrogens (tertiary/aromatic N) is 3. The average molecular weight is 305 g/mol. The van der Waals surface area contributed by atoms with Crippen LogP contribution < -0.4 is 4.74 Å². The number of thioether (sulfide) groups is 1. The van der Waals surface area contributed by atoms with Crippen molar-refractivity contribution in [2.24, 2.45) is 0 Å². The highest BCUT2D eigenvalue weighted by Crippen LogP contribution is 2.37. The Balaban J connectivity index is 1.46. The van der Waals surface area contributed by atoms with Crippen molar-refractivity contribution in [3.8, 4) is 5.75 Å². The van der Waals surface area contributed by atoms with Crippen LogP contribution in [0.3, 0.4) is 0 Å². The van der Waals surface area contributed by atoms with Gasteiger partial charge in [-0.25, -0.2) is 0 Å². The van der Waals surface area contributed by atoms with Crippen LogP contribution in [0.5, 0.6) is 5.75 Å². The molecule has 1 N–H and O–H groups in total. The Morgan fingerprint density at radius 1 is 1.48 bits per heavy atom. The van der Waals surface area contributed by atoms with Crippen molar-refractivity contribution in [3.63, 3.8) is 0 Å². The molecule has 1 unspecified atom stereocenters. The summed E-state index contributed by atoms with van der Waals surface area (Å²) in [4.78, 5) is 0. The maximum absolute atomic E-state index is 10.0. The minimum absolute atomic E-state index is 0.286. The smallest absolute Gasteiger partial charge is 0.191 e. The normalized spacial score (nSPS) is 15.9. The van der Waals surface area contributed by atoms with Crippen LogP contribution in [0.2, 0.25) is 0 Å². The highest BCUT2D eigenvalue weighted by molar-refractivity contribution is 7.99. The Morgan fingerprint density at radius 3 is 3.10 bits per heavy atom. The number of rotatable bonds is 7. The van der Waals surface area contributed by atoms with E-state index < -0.39 is 6.10 Å². The highest BCUT2D eigenvalue weighted by Gasteiger charge is 2.26. The van der Waals surface area contributed by atoms with Gasteiger partial charge >= 0.3 is 0 Å². The lowest BCUT2D eigenvalue weighted by molar-refractivity contribution is 0.126. The van der Waals surface area contributed by atoms with E-state index in [2.05, 4.69) is 14.8 Å². The maximum atomic E-state index is 10.0. The fourth-order valence-corrected chi connectivity index (χ4v) is 2.94. The van der Waals surface area contributed by atoms with Crippen LogP contribution in [0.25, 0.3) is 0 Å². The summed E-state index contributed by atoms with van der Waals surface area (Å²) in [7, 11) is 0. The third-order valence-electron chi connectivity index (χ3n) is 3.32. The summed E-state index contributed by atoms with van der Waals surface area (Å²) in [6.07, 6.45) is 3.64. The number of hydrogen-bond acceptors (Lipinski definition) is 5. The molecule has 6 heteroatoms. The van der Waals surface area contributed by atoms with Crippen molar-refractivity contribution >= 4 is 11.8 Å². The van der Waals surface area contributed by atoms with Crippen molar-refractivity contribution in [2.75, 3.05) is 12.4 Å². The Hall–Kier alpha value is -1.53. The topological polar surface area (TPSA) is 60.2 Å².